The summed E-state index contributed by atoms with van der Waals surface area (Å²) in [7, 11) is 2.01. The van der Waals surface area contributed by atoms with E-state index in [2.05, 4.69) is 4.90 Å². The van der Waals surface area contributed by atoms with Crippen LogP contribution >= 0.6 is 0 Å². The maximum Gasteiger partial charge on any atom is 0.117 e. The average Bonchev–Trinajstić information content (AvgIpc) is 2.24. The van der Waals surface area contributed by atoms with Gasteiger partial charge in [-0.15, -0.1) is 0 Å². The third-order valence-corrected chi connectivity index (χ3v) is 2.42. The molecule has 84 valence electrons. The minimum absolute atomic E-state index is 0.274. The van der Waals surface area contributed by atoms with E-state index in [4.69, 9.17) is 5.11 Å². The number of unbranched alkanes of at least 4 members (excludes halogenated alkanes) is 2. The molecule has 0 unspecified atom stereocenters. The van der Waals surface area contributed by atoms with Crippen molar-refractivity contribution in [2.75, 3.05) is 25.1 Å². The molecule has 0 radical (unpaired) electrons. The molecular weight excluding hydrogens is 190 g/mol. The number of aliphatic hydroxyl groups excluding tert-OH is 1. The van der Waals surface area contributed by atoms with Crippen LogP contribution in [-0.2, 0) is 0 Å². The molecule has 1 rings (SSSR count). The van der Waals surface area contributed by atoms with Gasteiger partial charge in [0.05, 0.1) is 0 Å². The molecule has 0 amide bonds. The van der Waals surface area contributed by atoms with Crippen LogP contribution in [0, 0.1) is 0 Å². The van der Waals surface area contributed by atoms with E-state index in [1.165, 1.54) is 0 Å². The number of rotatable bonds is 6. The SMILES string of the molecule is CN(CCCCCO)c1cccc(O)c1. The molecule has 2 N–H and O–H groups in total. The smallest absolute Gasteiger partial charge is 0.117 e. The van der Waals surface area contributed by atoms with Crippen molar-refractivity contribution in [1.29, 1.82) is 0 Å². The van der Waals surface area contributed by atoms with Crippen molar-refractivity contribution in [2.45, 2.75) is 19.3 Å². The highest BCUT2D eigenvalue weighted by Gasteiger charge is 2.00. The van der Waals surface area contributed by atoms with E-state index in [1.807, 2.05) is 19.2 Å². The summed E-state index contributed by atoms with van der Waals surface area (Å²) in [4.78, 5) is 2.11. The van der Waals surface area contributed by atoms with Gasteiger partial charge in [-0.25, -0.2) is 0 Å². The molecule has 0 spiro atoms. The van der Waals surface area contributed by atoms with Gasteiger partial charge in [0, 0.05) is 32.0 Å². The van der Waals surface area contributed by atoms with Gasteiger partial charge >= 0.3 is 0 Å². The molecule has 0 aliphatic rings. The standard InChI is InChI=1S/C12H19NO2/c1-13(8-3-2-4-9-14)11-6-5-7-12(15)10-11/h5-7,10,14-15H,2-4,8-9H2,1H3. The van der Waals surface area contributed by atoms with E-state index < -0.39 is 0 Å². The molecule has 0 fully saturated rings. The van der Waals surface area contributed by atoms with Crippen molar-refractivity contribution in [3.63, 3.8) is 0 Å². The molecule has 15 heavy (non-hydrogen) atoms. The molecule has 0 aliphatic carbocycles. The first-order valence-electron chi connectivity index (χ1n) is 5.35. The van der Waals surface area contributed by atoms with Gasteiger partial charge < -0.3 is 15.1 Å². The Morgan fingerprint density at radius 1 is 1.20 bits per heavy atom. The fourth-order valence-electron chi connectivity index (χ4n) is 1.50. The summed E-state index contributed by atoms with van der Waals surface area (Å²) in [5.41, 5.74) is 1.03. The number of aromatic hydroxyl groups is 1. The summed E-state index contributed by atoms with van der Waals surface area (Å²) < 4.78 is 0. The Kier molecular flexibility index (Phi) is 4.98. The molecule has 1 aromatic rings. The molecule has 0 heterocycles. The zero-order chi connectivity index (χ0) is 11.1. The second-order valence-electron chi connectivity index (χ2n) is 3.73. The van der Waals surface area contributed by atoms with Crippen molar-refractivity contribution in [2.24, 2.45) is 0 Å². The molecule has 0 atom stereocenters. The van der Waals surface area contributed by atoms with E-state index in [0.717, 1.165) is 31.5 Å². The Hall–Kier alpha value is -1.22. The van der Waals surface area contributed by atoms with Crippen LogP contribution in [0.2, 0.25) is 0 Å². The number of benzene rings is 1. The Labute approximate surface area is 91.0 Å². The number of nitrogens with zero attached hydrogens (tertiary/aromatic N) is 1. The summed E-state index contributed by atoms with van der Waals surface area (Å²) in [5, 5.41) is 18.0. The van der Waals surface area contributed by atoms with Crippen molar-refractivity contribution >= 4 is 5.69 Å². The Balaban J connectivity index is 2.36. The predicted octanol–water partition coefficient (Wildman–Crippen LogP) is 1.99. The van der Waals surface area contributed by atoms with Gasteiger partial charge in [0.25, 0.3) is 0 Å². The van der Waals surface area contributed by atoms with Gasteiger partial charge in [-0.2, -0.15) is 0 Å². The number of aliphatic hydroxyl groups is 1. The normalized spacial score (nSPS) is 10.3. The van der Waals surface area contributed by atoms with Crippen LogP contribution in [0.5, 0.6) is 5.75 Å². The summed E-state index contributed by atoms with van der Waals surface area (Å²) >= 11 is 0. The lowest BCUT2D eigenvalue weighted by atomic mass is 10.2. The average molecular weight is 209 g/mol. The lowest BCUT2D eigenvalue weighted by molar-refractivity contribution is 0.283. The second-order valence-corrected chi connectivity index (χ2v) is 3.73. The Morgan fingerprint density at radius 2 is 2.00 bits per heavy atom. The first-order valence-corrected chi connectivity index (χ1v) is 5.35. The van der Waals surface area contributed by atoms with Crippen molar-refractivity contribution in [3.8, 4) is 5.75 Å². The number of phenolic OH excluding ortho intramolecular Hbond substituents is 1. The summed E-state index contributed by atoms with van der Waals surface area (Å²) in [6.07, 6.45) is 2.97. The molecule has 0 saturated heterocycles. The molecule has 1 aromatic carbocycles. The summed E-state index contributed by atoms with van der Waals surface area (Å²) in [6.45, 7) is 1.22. The highest BCUT2D eigenvalue weighted by Crippen LogP contribution is 2.19. The van der Waals surface area contributed by atoms with E-state index in [9.17, 15) is 5.11 Å². The van der Waals surface area contributed by atoms with E-state index in [-0.39, 0.29) is 6.61 Å². The molecule has 0 bridgehead atoms. The summed E-state index contributed by atoms with van der Waals surface area (Å²) in [6, 6.07) is 7.25. The number of anilines is 1. The van der Waals surface area contributed by atoms with E-state index in [0.29, 0.717) is 5.75 Å². The van der Waals surface area contributed by atoms with Gasteiger partial charge in [0.1, 0.15) is 5.75 Å². The largest absolute Gasteiger partial charge is 0.508 e. The third kappa shape index (κ3) is 4.21. The van der Waals surface area contributed by atoms with Gasteiger partial charge in [-0.1, -0.05) is 6.07 Å². The van der Waals surface area contributed by atoms with Gasteiger partial charge in [0.2, 0.25) is 0 Å². The van der Waals surface area contributed by atoms with Crippen LogP contribution < -0.4 is 4.90 Å². The molecule has 3 heteroatoms. The zero-order valence-corrected chi connectivity index (χ0v) is 9.19. The molecule has 3 nitrogen and oxygen atoms in total. The van der Waals surface area contributed by atoms with Crippen molar-refractivity contribution < 1.29 is 10.2 Å². The second kappa shape index (κ2) is 6.30. The topological polar surface area (TPSA) is 43.7 Å². The van der Waals surface area contributed by atoms with Gasteiger partial charge in [-0.3, -0.25) is 0 Å². The number of hydrogen-bond donors (Lipinski definition) is 2. The minimum Gasteiger partial charge on any atom is -0.508 e. The predicted molar refractivity (Wildman–Crippen MR) is 62.3 cm³/mol. The van der Waals surface area contributed by atoms with Crippen LogP contribution in [0.3, 0.4) is 0 Å². The van der Waals surface area contributed by atoms with E-state index >= 15 is 0 Å². The van der Waals surface area contributed by atoms with Crippen molar-refractivity contribution in [1.82, 2.24) is 0 Å². The van der Waals surface area contributed by atoms with Crippen LogP contribution in [-0.4, -0.2) is 30.4 Å². The van der Waals surface area contributed by atoms with E-state index in [1.54, 1.807) is 12.1 Å². The third-order valence-electron chi connectivity index (χ3n) is 2.42. The fraction of sp³-hybridized carbons (Fsp3) is 0.500. The number of hydrogen-bond acceptors (Lipinski definition) is 3. The Morgan fingerprint density at radius 3 is 2.67 bits per heavy atom. The molecule has 0 saturated carbocycles. The van der Waals surface area contributed by atoms with Crippen LogP contribution in [0.4, 0.5) is 5.69 Å². The quantitative estimate of drug-likeness (QED) is 0.704. The highest BCUT2D eigenvalue weighted by molar-refractivity contribution is 5.49. The minimum atomic E-state index is 0.274. The zero-order valence-electron chi connectivity index (χ0n) is 9.19. The first-order chi connectivity index (χ1) is 7.24. The van der Waals surface area contributed by atoms with Gasteiger partial charge in [-0.05, 0) is 31.4 Å². The van der Waals surface area contributed by atoms with Crippen LogP contribution in [0.15, 0.2) is 24.3 Å². The fourth-order valence-corrected chi connectivity index (χ4v) is 1.50. The monoisotopic (exact) mass is 209 g/mol. The maximum absolute atomic E-state index is 9.31. The van der Waals surface area contributed by atoms with Crippen LogP contribution in [0.1, 0.15) is 19.3 Å². The molecule has 0 aromatic heterocycles. The van der Waals surface area contributed by atoms with Crippen LogP contribution in [0.25, 0.3) is 0 Å². The Bertz CT molecular complexity index is 289. The maximum atomic E-state index is 9.31. The lowest BCUT2D eigenvalue weighted by Crippen LogP contribution is -2.18. The number of phenols is 1. The summed E-state index contributed by atoms with van der Waals surface area (Å²) in [5.74, 6) is 0.301. The highest BCUT2D eigenvalue weighted by atomic mass is 16.3. The van der Waals surface area contributed by atoms with Crippen molar-refractivity contribution in [3.05, 3.63) is 24.3 Å². The van der Waals surface area contributed by atoms with Gasteiger partial charge in [0.15, 0.2) is 0 Å². The lowest BCUT2D eigenvalue weighted by Gasteiger charge is -2.19. The molecular formula is C12H19NO2. The molecule has 0 aliphatic heterocycles. The first kappa shape index (κ1) is 11.9.